The van der Waals surface area contributed by atoms with Gasteiger partial charge in [-0.2, -0.15) is 0 Å². The molecule has 2 aliphatic heterocycles. The number of nitrogens with two attached hydrogens (primary N) is 1. The molecule has 1 aromatic rings. The first kappa shape index (κ1) is 21.5. The summed E-state index contributed by atoms with van der Waals surface area (Å²) in [5, 5.41) is 20.0. The Labute approximate surface area is 164 Å². The predicted octanol–water partition coefficient (Wildman–Crippen LogP) is 1.21. The number of carboxylic acid groups (broad SMARTS) is 2. The summed E-state index contributed by atoms with van der Waals surface area (Å²) in [4.78, 5) is 20.7. The highest BCUT2D eigenvalue weighted by Crippen LogP contribution is 2.32. The van der Waals surface area contributed by atoms with Crippen molar-refractivity contribution in [2.24, 2.45) is 5.73 Å². The Morgan fingerprint density at radius 1 is 1.32 bits per heavy atom. The minimum atomic E-state index is -1.31. The molecular formula is C17H18F2N3O5S. The lowest BCUT2D eigenvalue weighted by Gasteiger charge is -2.34. The fourth-order valence-electron chi connectivity index (χ4n) is 2.81. The molecule has 0 fully saturated rings. The largest absolute Gasteiger partial charge is 0.488 e. The Bertz CT molecular complexity index is 806. The van der Waals surface area contributed by atoms with E-state index < -0.39 is 30.0 Å². The fourth-order valence-corrected chi connectivity index (χ4v) is 3.13. The summed E-state index contributed by atoms with van der Waals surface area (Å²) >= 11 is 5.23. The lowest BCUT2D eigenvalue weighted by Crippen LogP contribution is -2.44. The summed E-state index contributed by atoms with van der Waals surface area (Å²) < 4.78 is 32.5. The van der Waals surface area contributed by atoms with Crippen LogP contribution in [0.1, 0.15) is 18.4 Å². The number of fused-ring (bicyclic) bond motifs is 1. The average Bonchev–Trinajstić information content (AvgIpc) is 2.94. The number of aliphatic carboxylic acids is 2. The van der Waals surface area contributed by atoms with Crippen LogP contribution in [0.3, 0.4) is 0 Å². The van der Waals surface area contributed by atoms with Gasteiger partial charge in [-0.05, 0) is 24.8 Å². The van der Waals surface area contributed by atoms with E-state index in [0.717, 1.165) is 11.8 Å². The maximum atomic E-state index is 13.7. The maximum absolute atomic E-state index is 13.7. The van der Waals surface area contributed by atoms with Gasteiger partial charge in [-0.15, -0.1) is 0 Å². The zero-order valence-corrected chi connectivity index (χ0v) is 15.4. The molecule has 1 atom stereocenters. The molecule has 11 heteroatoms. The highest BCUT2D eigenvalue weighted by Gasteiger charge is 2.33. The van der Waals surface area contributed by atoms with E-state index in [2.05, 4.69) is 5.32 Å². The second-order valence-electron chi connectivity index (χ2n) is 5.95. The predicted molar refractivity (Wildman–Crippen MR) is 97.6 cm³/mol. The van der Waals surface area contributed by atoms with Crippen LogP contribution < -0.4 is 15.8 Å². The van der Waals surface area contributed by atoms with Crippen LogP contribution in [0.2, 0.25) is 0 Å². The number of ether oxygens (including phenoxy) is 1. The number of rotatable bonds is 5. The van der Waals surface area contributed by atoms with Crippen molar-refractivity contribution in [3.05, 3.63) is 41.2 Å². The van der Waals surface area contributed by atoms with E-state index in [4.69, 9.17) is 32.9 Å². The van der Waals surface area contributed by atoms with Crippen LogP contribution in [0, 0.1) is 11.6 Å². The Morgan fingerprint density at radius 3 is 2.57 bits per heavy atom. The summed E-state index contributed by atoms with van der Waals surface area (Å²) in [6.07, 6.45) is 1.98. The van der Waals surface area contributed by atoms with Gasteiger partial charge in [0.05, 0.1) is 6.04 Å². The Hall–Kier alpha value is -2.79. The standard InChI is InChI=1S/C14H14F2N3OS.C3H4O4/c15-9-3-8-4-11(7-20-13(8)12(16)5-9)19-10(1-2-17)6-18-14(19)21;4-2(5)1-3(6)7/h3,5-6,11H,1-2,4,7,17H2;1H2,(H,4,5)(H,6,7)/t11-;/m1./s1. The summed E-state index contributed by atoms with van der Waals surface area (Å²) in [6.45, 7) is 0.751. The monoisotopic (exact) mass is 414 g/mol. The van der Waals surface area contributed by atoms with E-state index in [1.807, 2.05) is 4.90 Å². The molecule has 4 N–H and O–H groups in total. The Morgan fingerprint density at radius 2 is 2.00 bits per heavy atom. The van der Waals surface area contributed by atoms with Crippen molar-refractivity contribution < 1.29 is 33.3 Å². The number of halogens is 2. The van der Waals surface area contributed by atoms with Crippen molar-refractivity contribution in [2.75, 3.05) is 13.2 Å². The molecule has 0 aromatic heterocycles. The summed E-state index contributed by atoms with van der Waals surface area (Å²) in [7, 11) is 0. The van der Waals surface area contributed by atoms with Gasteiger partial charge < -0.3 is 25.6 Å². The molecule has 0 spiro atoms. The van der Waals surface area contributed by atoms with Crippen molar-refractivity contribution in [1.82, 2.24) is 10.2 Å². The van der Waals surface area contributed by atoms with Crippen molar-refractivity contribution in [3.63, 3.8) is 0 Å². The second-order valence-corrected chi connectivity index (χ2v) is 6.32. The van der Waals surface area contributed by atoms with Gasteiger partial charge in [0.2, 0.25) is 0 Å². The number of carbonyl (C=O) groups is 2. The quantitative estimate of drug-likeness (QED) is 0.485. The Kier molecular flexibility index (Phi) is 7.24. The molecule has 8 nitrogen and oxygen atoms in total. The summed E-state index contributed by atoms with van der Waals surface area (Å²) in [6, 6.07) is 2.00. The van der Waals surface area contributed by atoms with E-state index in [1.54, 1.807) is 6.20 Å². The lowest BCUT2D eigenvalue weighted by molar-refractivity contribution is -0.147. The molecule has 151 valence electrons. The lowest BCUT2D eigenvalue weighted by atomic mass is 10.0. The Balaban J connectivity index is 0.000000345. The normalized spacial score (nSPS) is 17.5. The van der Waals surface area contributed by atoms with Crippen LogP contribution in [0.25, 0.3) is 0 Å². The maximum Gasteiger partial charge on any atom is 0.314 e. The first-order valence-corrected chi connectivity index (χ1v) is 8.61. The molecule has 0 unspecified atom stereocenters. The SMILES string of the molecule is NCCC1=C[N]C(=S)N1[C@H]1COc2c(F)cc(F)cc2C1.O=C(O)CC(=O)O. The molecular weight excluding hydrogens is 396 g/mol. The topological polar surface area (TPSA) is 127 Å². The third-order valence-electron chi connectivity index (χ3n) is 3.87. The van der Waals surface area contributed by atoms with Crippen molar-refractivity contribution in [3.8, 4) is 5.75 Å². The van der Waals surface area contributed by atoms with Gasteiger partial charge in [-0.25, -0.2) is 14.1 Å². The van der Waals surface area contributed by atoms with Crippen LogP contribution in [0.4, 0.5) is 8.78 Å². The minimum absolute atomic E-state index is 0.124. The molecule has 0 bridgehead atoms. The number of hydrogen-bond acceptors (Lipinski definition) is 5. The number of thiocarbonyl (C=S) groups is 1. The summed E-state index contributed by atoms with van der Waals surface area (Å²) in [5.41, 5.74) is 7.00. The van der Waals surface area contributed by atoms with E-state index in [1.165, 1.54) is 6.07 Å². The molecule has 1 radical (unpaired) electrons. The zero-order chi connectivity index (χ0) is 20.8. The van der Waals surface area contributed by atoms with Crippen LogP contribution in [0.15, 0.2) is 24.0 Å². The first-order valence-electron chi connectivity index (χ1n) is 8.20. The summed E-state index contributed by atoms with van der Waals surface area (Å²) in [5.74, 6) is -3.78. The van der Waals surface area contributed by atoms with Gasteiger partial charge in [0, 0.05) is 36.4 Å². The van der Waals surface area contributed by atoms with Gasteiger partial charge in [0.15, 0.2) is 16.7 Å². The van der Waals surface area contributed by atoms with Gasteiger partial charge in [-0.3, -0.25) is 9.59 Å². The van der Waals surface area contributed by atoms with Crippen LogP contribution in [0.5, 0.6) is 5.75 Å². The van der Waals surface area contributed by atoms with Crippen molar-refractivity contribution in [2.45, 2.75) is 25.3 Å². The highest BCUT2D eigenvalue weighted by molar-refractivity contribution is 7.80. The molecule has 2 heterocycles. The number of carboxylic acids is 2. The van der Waals surface area contributed by atoms with E-state index >= 15 is 0 Å². The van der Waals surface area contributed by atoms with Crippen LogP contribution >= 0.6 is 12.2 Å². The van der Waals surface area contributed by atoms with Crippen LogP contribution in [-0.4, -0.2) is 51.4 Å². The molecule has 0 amide bonds. The zero-order valence-electron chi connectivity index (χ0n) is 14.6. The molecule has 1 aromatic carbocycles. The molecule has 0 aliphatic carbocycles. The molecule has 0 saturated carbocycles. The van der Waals surface area contributed by atoms with Crippen molar-refractivity contribution >= 4 is 29.3 Å². The smallest absolute Gasteiger partial charge is 0.314 e. The van der Waals surface area contributed by atoms with Gasteiger partial charge in [0.25, 0.3) is 0 Å². The third kappa shape index (κ3) is 5.36. The molecule has 28 heavy (non-hydrogen) atoms. The third-order valence-corrected chi connectivity index (χ3v) is 4.17. The van der Waals surface area contributed by atoms with Crippen molar-refractivity contribution in [1.29, 1.82) is 0 Å². The second kappa shape index (κ2) is 9.42. The average molecular weight is 414 g/mol. The van der Waals surface area contributed by atoms with E-state index in [0.29, 0.717) is 30.1 Å². The highest BCUT2D eigenvalue weighted by atomic mass is 32.1. The van der Waals surface area contributed by atoms with E-state index in [9.17, 15) is 18.4 Å². The fraction of sp³-hybridized carbons (Fsp3) is 0.353. The first-order chi connectivity index (χ1) is 13.2. The number of hydrogen-bond donors (Lipinski definition) is 3. The molecule has 3 rings (SSSR count). The van der Waals surface area contributed by atoms with E-state index in [-0.39, 0.29) is 18.4 Å². The van der Waals surface area contributed by atoms with Crippen LogP contribution in [-0.2, 0) is 16.0 Å². The minimum Gasteiger partial charge on any atom is -0.488 e. The van der Waals surface area contributed by atoms with Gasteiger partial charge in [-0.1, -0.05) is 0 Å². The number of nitrogens with zero attached hydrogens (tertiary/aromatic N) is 2. The number of benzene rings is 1. The van der Waals surface area contributed by atoms with Gasteiger partial charge in [0.1, 0.15) is 18.8 Å². The molecule has 2 aliphatic rings. The van der Waals surface area contributed by atoms with Gasteiger partial charge >= 0.3 is 11.9 Å². The molecule has 0 saturated heterocycles.